The van der Waals surface area contributed by atoms with E-state index in [4.69, 9.17) is 0 Å². The molecule has 3 nitrogen and oxygen atoms in total. The highest BCUT2D eigenvalue weighted by Crippen LogP contribution is 2.25. The summed E-state index contributed by atoms with van der Waals surface area (Å²) in [7, 11) is 1.80. The minimum atomic E-state index is -0.878. The molecule has 0 amide bonds. The second-order valence-corrected chi connectivity index (χ2v) is 6.36. The molecule has 25 heavy (non-hydrogen) atoms. The van der Waals surface area contributed by atoms with Gasteiger partial charge in [-0.25, -0.2) is 8.78 Å². The molecule has 1 unspecified atom stereocenters. The Labute approximate surface area is 145 Å². The van der Waals surface area contributed by atoms with Gasteiger partial charge in [0.1, 0.15) is 0 Å². The van der Waals surface area contributed by atoms with Crippen LogP contribution in [0.4, 0.5) is 8.78 Å². The zero-order chi connectivity index (χ0) is 18.1. The fourth-order valence-electron chi connectivity index (χ4n) is 3.11. The van der Waals surface area contributed by atoms with Crippen LogP contribution < -0.4 is 0 Å². The van der Waals surface area contributed by atoms with E-state index in [1.165, 1.54) is 6.07 Å². The maximum Gasteiger partial charge on any atom is 0.179 e. The third-order valence-electron chi connectivity index (χ3n) is 4.65. The summed E-state index contributed by atoms with van der Waals surface area (Å²) in [6.07, 6.45) is 0. The molecule has 2 aromatic carbocycles. The number of carbonyl (C=O) groups excluding carboxylic acids is 1. The number of aryl methyl sites for hydroxylation is 1. The number of fused-ring (bicyclic) bond motifs is 1. The number of para-hydroxylation sites is 1. The average molecular weight is 342 g/mol. The van der Waals surface area contributed by atoms with Crippen LogP contribution in [0, 0.1) is 18.6 Å². The van der Waals surface area contributed by atoms with E-state index < -0.39 is 11.6 Å². The maximum atomic E-state index is 13.5. The van der Waals surface area contributed by atoms with Crippen LogP contribution in [0.3, 0.4) is 0 Å². The van der Waals surface area contributed by atoms with Crippen LogP contribution >= 0.6 is 0 Å². The summed E-state index contributed by atoms with van der Waals surface area (Å²) in [4.78, 5) is 17.9. The number of nitrogens with one attached hydrogen (secondary N) is 1. The average Bonchev–Trinajstić information content (AvgIpc) is 2.92. The lowest BCUT2D eigenvalue weighted by molar-refractivity contribution is 0.0925. The van der Waals surface area contributed by atoms with Crippen molar-refractivity contribution < 1.29 is 13.6 Å². The lowest BCUT2D eigenvalue weighted by Gasteiger charge is -2.24. The van der Waals surface area contributed by atoms with Gasteiger partial charge in [0.05, 0.1) is 6.54 Å². The number of aromatic nitrogens is 1. The van der Waals surface area contributed by atoms with Crippen molar-refractivity contribution in [2.24, 2.45) is 0 Å². The van der Waals surface area contributed by atoms with Gasteiger partial charge in [0.25, 0.3) is 0 Å². The number of halogens is 2. The number of aromatic amines is 1. The fraction of sp³-hybridized carbons (Fsp3) is 0.250. The summed E-state index contributed by atoms with van der Waals surface area (Å²) in [5.41, 5.74) is 3.07. The van der Waals surface area contributed by atoms with Crippen molar-refractivity contribution in [3.63, 3.8) is 0 Å². The normalized spacial score (nSPS) is 12.7. The number of benzene rings is 2. The van der Waals surface area contributed by atoms with Crippen LogP contribution in [0.2, 0.25) is 0 Å². The quantitative estimate of drug-likeness (QED) is 0.686. The number of likely N-dealkylation sites (N-methyl/N-ethyl adjacent to an activating group) is 1. The monoisotopic (exact) mass is 342 g/mol. The van der Waals surface area contributed by atoms with Gasteiger partial charge in [0.15, 0.2) is 17.4 Å². The molecule has 1 heterocycles. The molecule has 0 spiro atoms. The first-order chi connectivity index (χ1) is 11.9. The highest BCUT2D eigenvalue weighted by molar-refractivity contribution is 6.10. The van der Waals surface area contributed by atoms with Gasteiger partial charge in [0, 0.05) is 28.2 Å². The number of nitrogens with zero attached hydrogens (tertiary/aromatic N) is 1. The molecule has 3 rings (SSSR count). The SMILES string of the molecule is Cc1[nH]c2ccccc2c1C(=O)CN(C)C(C)c1ccc(F)c(F)c1. The minimum absolute atomic E-state index is 0.00752. The largest absolute Gasteiger partial charge is 0.358 e. The summed E-state index contributed by atoms with van der Waals surface area (Å²) >= 11 is 0. The summed E-state index contributed by atoms with van der Waals surface area (Å²) in [6.45, 7) is 3.93. The van der Waals surface area contributed by atoms with Crippen LogP contribution in [0.25, 0.3) is 10.9 Å². The lowest BCUT2D eigenvalue weighted by atomic mass is 10.0. The van der Waals surface area contributed by atoms with E-state index in [0.717, 1.165) is 22.7 Å². The van der Waals surface area contributed by atoms with Crippen molar-refractivity contribution in [3.05, 3.63) is 70.9 Å². The topological polar surface area (TPSA) is 36.1 Å². The predicted octanol–water partition coefficient (Wildman–Crippen LogP) is 4.63. The van der Waals surface area contributed by atoms with Gasteiger partial charge in [0.2, 0.25) is 0 Å². The Morgan fingerprint density at radius 3 is 2.60 bits per heavy atom. The van der Waals surface area contributed by atoms with E-state index in [1.807, 2.05) is 43.0 Å². The minimum Gasteiger partial charge on any atom is -0.358 e. The number of Topliss-reactive ketones (excluding diaryl/α,β-unsaturated/α-hetero) is 1. The molecule has 3 aromatic rings. The smallest absolute Gasteiger partial charge is 0.179 e. The van der Waals surface area contributed by atoms with Gasteiger partial charge in [-0.05, 0) is 44.7 Å². The van der Waals surface area contributed by atoms with Gasteiger partial charge in [-0.3, -0.25) is 9.69 Å². The van der Waals surface area contributed by atoms with Crippen LogP contribution in [-0.4, -0.2) is 29.3 Å². The Balaban J connectivity index is 1.81. The molecule has 130 valence electrons. The molecule has 0 saturated heterocycles. The molecule has 1 N–H and O–H groups in total. The first-order valence-corrected chi connectivity index (χ1v) is 8.14. The number of H-pyrrole nitrogens is 1. The number of hydrogen-bond donors (Lipinski definition) is 1. The Bertz CT molecular complexity index is 933. The van der Waals surface area contributed by atoms with Gasteiger partial charge < -0.3 is 4.98 Å². The van der Waals surface area contributed by atoms with Crippen LogP contribution in [-0.2, 0) is 0 Å². The lowest BCUT2D eigenvalue weighted by Crippen LogP contribution is -2.29. The zero-order valence-electron chi connectivity index (χ0n) is 14.4. The van der Waals surface area contributed by atoms with Gasteiger partial charge in [-0.15, -0.1) is 0 Å². The summed E-state index contributed by atoms with van der Waals surface area (Å²) in [6, 6.07) is 11.3. The second-order valence-electron chi connectivity index (χ2n) is 6.36. The third kappa shape index (κ3) is 3.33. The summed E-state index contributed by atoms with van der Waals surface area (Å²) in [5.74, 6) is -1.76. The predicted molar refractivity (Wildman–Crippen MR) is 94.8 cm³/mol. The first kappa shape index (κ1) is 17.3. The fourth-order valence-corrected chi connectivity index (χ4v) is 3.11. The molecule has 0 fully saturated rings. The summed E-state index contributed by atoms with van der Waals surface area (Å²) in [5, 5.41) is 0.902. The standard InChI is InChI=1S/C20H20F2N2O/c1-12-20(15-6-4-5-7-18(15)23-12)19(25)11-24(3)13(2)14-8-9-16(21)17(22)10-14/h4-10,13,23H,11H2,1-3H3. The van der Waals surface area contributed by atoms with Crippen molar-refractivity contribution in [3.8, 4) is 0 Å². The maximum absolute atomic E-state index is 13.5. The molecular formula is C20H20F2N2O. The number of carbonyl (C=O) groups is 1. The highest BCUT2D eigenvalue weighted by atomic mass is 19.2. The first-order valence-electron chi connectivity index (χ1n) is 8.14. The Kier molecular flexibility index (Phi) is 4.68. The molecule has 1 aromatic heterocycles. The van der Waals surface area contributed by atoms with Crippen molar-refractivity contribution >= 4 is 16.7 Å². The van der Waals surface area contributed by atoms with Crippen molar-refractivity contribution in [2.45, 2.75) is 19.9 Å². The molecule has 0 radical (unpaired) electrons. The van der Waals surface area contributed by atoms with Crippen molar-refractivity contribution in [1.82, 2.24) is 9.88 Å². The van der Waals surface area contributed by atoms with Crippen molar-refractivity contribution in [1.29, 1.82) is 0 Å². The number of hydrogen-bond acceptors (Lipinski definition) is 2. The molecule has 0 bridgehead atoms. The molecule has 1 atom stereocenters. The summed E-state index contributed by atoms with van der Waals surface area (Å²) < 4.78 is 26.6. The molecule has 5 heteroatoms. The van der Waals surface area contributed by atoms with Crippen LogP contribution in [0.5, 0.6) is 0 Å². The van der Waals surface area contributed by atoms with E-state index >= 15 is 0 Å². The van der Waals surface area contributed by atoms with E-state index in [1.54, 1.807) is 13.1 Å². The second kappa shape index (κ2) is 6.76. The highest BCUT2D eigenvalue weighted by Gasteiger charge is 2.21. The van der Waals surface area contributed by atoms with Crippen molar-refractivity contribution in [2.75, 3.05) is 13.6 Å². The van der Waals surface area contributed by atoms with E-state index in [2.05, 4.69) is 4.98 Å². The van der Waals surface area contributed by atoms with Crippen LogP contribution in [0.1, 0.15) is 34.6 Å². The van der Waals surface area contributed by atoms with E-state index in [0.29, 0.717) is 11.1 Å². The van der Waals surface area contributed by atoms with Gasteiger partial charge in [-0.1, -0.05) is 24.3 Å². The number of rotatable bonds is 5. The Hall–Kier alpha value is -2.53. The molecule has 0 aliphatic carbocycles. The van der Waals surface area contributed by atoms with Gasteiger partial charge in [-0.2, -0.15) is 0 Å². The molecule has 0 aliphatic rings. The third-order valence-corrected chi connectivity index (χ3v) is 4.65. The molecule has 0 aliphatic heterocycles. The van der Waals surface area contributed by atoms with E-state index in [9.17, 15) is 13.6 Å². The molecule has 0 saturated carbocycles. The number of ketones is 1. The zero-order valence-corrected chi connectivity index (χ0v) is 14.4. The Morgan fingerprint density at radius 1 is 1.16 bits per heavy atom. The van der Waals surface area contributed by atoms with E-state index in [-0.39, 0.29) is 18.4 Å². The Morgan fingerprint density at radius 2 is 1.88 bits per heavy atom. The molecular weight excluding hydrogens is 322 g/mol. The van der Waals surface area contributed by atoms with Crippen LogP contribution in [0.15, 0.2) is 42.5 Å². The van der Waals surface area contributed by atoms with Gasteiger partial charge >= 0.3 is 0 Å².